The van der Waals surface area contributed by atoms with Crippen LogP contribution in [0.2, 0.25) is 0 Å². The van der Waals surface area contributed by atoms with Gasteiger partial charge in [-0.05, 0) is 6.07 Å². The van der Waals surface area contributed by atoms with E-state index in [1.807, 2.05) is 42.5 Å². The van der Waals surface area contributed by atoms with Gasteiger partial charge in [0, 0.05) is 27.7 Å². The first-order valence-electron chi connectivity index (χ1n) is 6.42. The second kappa shape index (κ2) is 5.13. The van der Waals surface area contributed by atoms with Crippen molar-refractivity contribution in [3.05, 3.63) is 71.4 Å². The van der Waals surface area contributed by atoms with E-state index in [4.69, 9.17) is 0 Å². The molecule has 0 aliphatic heterocycles. The number of fused-ring (bicyclic) bond motifs is 1. The quantitative estimate of drug-likeness (QED) is 0.579. The standard InChI is InChI=1S/C17H13NO2/c19-11-14-13-8-4-5-9-15(13)18-16(14)10-17(20)12-6-2-1-3-7-12/h1-9,11,18H,10H2. The Hall–Kier alpha value is -2.68. The van der Waals surface area contributed by atoms with Crippen molar-refractivity contribution >= 4 is 23.0 Å². The molecule has 20 heavy (non-hydrogen) atoms. The molecule has 0 spiro atoms. The summed E-state index contributed by atoms with van der Waals surface area (Å²) in [5.41, 5.74) is 2.79. The first-order valence-corrected chi connectivity index (χ1v) is 6.42. The molecule has 98 valence electrons. The third-order valence-corrected chi connectivity index (χ3v) is 3.38. The van der Waals surface area contributed by atoms with Gasteiger partial charge in [-0.3, -0.25) is 9.59 Å². The van der Waals surface area contributed by atoms with Crippen molar-refractivity contribution in [2.24, 2.45) is 0 Å². The first-order chi connectivity index (χ1) is 9.79. The van der Waals surface area contributed by atoms with Crippen LogP contribution >= 0.6 is 0 Å². The van der Waals surface area contributed by atoms with Gasteiger partial charge in [0.25, 0.3) is 0 Å². The van der Waals surface area contributed by atoms with E-state index in [2.05, 4.69) is 4.98 Å². The van der Waals surface area contributed by atoms with Crippen molar-refractivity contribution in [2.75, 3.05) is 0 Å². The van der Waals surface area contributed by atoms with Gasteiger partial charge in [-0.15, -0.1) is 0 Å². The number of para-hydroxylation sites is 1. The number of carbonyl (C=O) groups excluding carboxylic acids is 2. The number of carbonyl (C=O) groups is 2. The van der Waals surface area contributed by atoms with Crippen molar-refractivity contribution in [1.82, 2.24) is 4.98 Å². The fourth-order valence-corrected chi connectivity index (χ4v) is 2.38. The zero-order chi connectivity index (χ0) is 13.9. The lowest BCUT2D eigenvalue weighted by atomic mass is 10.0. The molecule has 3 rings (SSSR count). The summed E-state index contributed by atoms with van der Waals surface area (Å²) < 4.78 is 0. The number of nitrogens with one attached hydrogen (secondary N) is 1. The molecular weight excluding hydrogens is 250 g/mol. The van der Waals surface area contributed by atoms with E-state index in [0.29, 0.717) is 16.8 Å². The summed E-state index contributed by atoms with van der Waals surface area (Å²) in [6.45, 7) is 0. The van der Waals surface area contributed by atoms with Gasteiger partial charge in [0.05, 0.1) is 6.42 Å². The Morgan fingerprint density at radius 2 is 1.70 bits per heavy atom. The summed E-state index contributed by atoms with van der Waals surface area (Å²) in [6, 6.07) is 16.7. The summed E-state index contributed by atoms with van der Waals surface area (Å²) >= 11 is 0. The van der Waals surface area contributed by atoms with Gasteiger partial charge in [0.1, 0.15) is 0 Å². The number of hydrogen-bond acceptors (Lipinski definition) is 2. The molecule has 1 heterocycles. The zero-order valence-electron chi connectivity index (χ0n) is 10.8. The maximum atomic E-state index is 12.2. The van der Waals surface area contributed by atoms with Crippen LogP contribution in [-0.4, -0.2) is 17.1 Å². The molecule has 0 bridgehead atoms. The summed E-state index contributed by atoms with van der Waals surface area (Å²) in [4.78, 5) is 26.7. The van der Waals surface area contributed by atoms with Gasteiger partial charge in [-0.1, -0.05) is 48.5 Å². The normalized spacial score (nSPS) is 10.6. The lowest BCUT2D eigenvalue weighted by Gasteiger charge is -2.00. The van der Waals surface area contributed by atoms with Crippen molar-refractivity contribution in [3.63, 3.8) is 0 Å². The number of Topliss-reactive ketones (excluding diaryl/α,β-unsaturated/α-hetero) is 1. The summed E-state index contributed by atoms with van der Waals surface area (Å²) in [5, 5.41) is 0.860. The van der Waals surface area contributed by atoms with Crippen molar-refractivity contribution in [2.45, 2.75) is 6.42 Å². The second-order valence-corrected chi connectivity index (χ2v) is 4.65. The van der Waals surface area contributed by atoms with Gasteiger partial charge in [-0.25, -0.2) is 0 Å². The van der Waals surface area contributed by atoms with E-state index in [-0.39, 0.29) is 12.2 Å². The third-order valence-electron chi connectivity index (χ3n) is 3.38. The van der Waals surface area contributed by atoms with Crippen LogP contribution < -0.4 is 0 Å². The van der Waals surface area contributed by atoms with Gasteiger partial charge in [-0.2, -0.15) is 0 Å². The van der Waals surface area contributed by atoms with Gasteiger partial charge in [0.2, 0.25) is 0 Å². The van der Waals surface area contributed by atoms with Gasteiger partial charge >= 0.3 is 0 Å². The minimum Gasteiger partial charge on any atom is -0.357 e. The molecule has 1 aromatic heterocycles. The Morgan fingerprint density at radius 1 is 1.00 bits per heavy atom. The van der Waals surface area contributed by atoms with E-state index in [9.17, 15) is 9.59 Å². The molecular formula is C17H13NO2. The first kappa shape index (κ1) is 12.4. The number of aldehydes is 1. The molecule has 0 saturated carbocycles. The molecule has 0 radical (unpaired) electrons. The van der Waals surface area contributed by atoms with Crippen LogP contribution in [0, 0.1) is 0 Å². The number of H-pyrrole nitrogens is 1. The highest BCUT2D eigenvalue weighted by Gasteiger charge is 2.14. The fraction of sp³-hybridized carbons (Fsp3) is 0.0588. The largest absolute Gasteiger partial charge is 0.357 e. The molecule has 0 amide bonds. The molecule has 3 aromatic rings. The summed E-state index contributed by atoms with van der Waals surface area (Å²) in [6.07, 6.45) is 1.01. The molecule has 0 aliphatic carbocycles. The summed E-state index contributed by atoms with van der Waals surface area (Å²) in [5.74, 6) is 0.000237. The number of aromatic nitrogens is 1. The van der Waals surface area contributed by atoms with Crippen LogP contribution in [0.25, 0.3) is 10.9 Å². The predicted molar refractivity (Wildman–Crippen MR) is 78.2 cm³/mol. The van der Waals surface area contributed by atoms with E-state index in [1.165, 1.54) is 0 Å². The molecule has 0 saturated heterocycles. The number of benzene rings is 2. The summed E-state index contributed by atoms with van der Waals surface area (Å²) in [7, 11) is 0. The topological polar surface area (TPSA) is 49.9 Å². The Morgan fingerprint density at radius 3 is 2.45 bits per heavy atom. The van der Waals surface area contributed by atoms with Gasteiger partial charge in [0.15, 0.2) is 12.1 Å². The zero-order valence-corrected chi connectivity index (χ0v) is 10.8. The molecule has 0 aliphatic rings. The second-order valence-electron chi connectivity index (χ2n) is 4.65. The molecule has 0 unspecified atom stereocenters. The SMILES string of the molecule is O=Cc1c(CC(=O)c2ccccc2)[nH]c2ccccc12. The van der Waals surface area contributed by atoms with Crippen LogP contribution in [-0.2, 0) is 6.42 Å². The Labute approximate surface area is 116 Å². The van der Waals surface area contributed by atoms with Crippen molar-refractivity contribution in [3.8, 4) is 0 Å². The molecule has 3 heteroatoms. The van der Waals surface area contributed by atoms with Crippen LogP contribution in [0.1, 0.15) is 26.4 Å². The molecule has 3 nitrogen and oxygen atoms in total. The number of rotatable bonds is 4. The minimum atomic E-state index is 0.000237. The smallest absolute Gasteiger partial charge is 0.168 e. The lowest BCUT2D eigenvalue weighted by molar-refractivity contribution is 0.0992. The Kier molecular flexibility index (Phi) is 3.17. The van der Waals surface area contributed by atoms with Gasteiger partial charge < -0.3 is 4.98 Å². The third kappa shape index (κ3) is 2.14. The van der Waals surface area contributed by atoms with Crippen LogP contribution in [0.5, 0.6) is 0 Å². The maximum Gasteiger partial charge on any atom is 0.168 e. The Balaban J connectivity index is 1.99. The van der Waals surface area contributed by atoms with Crippen LogP contribution in [0.15, 0.2) is 54.6 Å². The molecule has 0 atom stereocenters. The lowest BCUT2D eigenvalue weighted by Crippen LogP contribution is -2.05. The highest BCUT2D eigenvalue weighted by Crippen LogP contribution is 2.22. The molecule has 0 fully saturated rings. The van der Waals surface area contributed by atoms with E-state index < -0.39 is 0 Å². The average molecular weight is 263 g/mol. The number of ketones is 1. The number of aromatic amines is 1. The maximum absolute atomic E-state index is 12.2. The average Bonchev–Trinajstić information content (AvgIpc) is 2.85. The van der Waals surface area contributed by atoms with E-state index in [1.54, 1.807) is 12.1 Å². The Bertz CT molecular complexity index is 772. The molecule has 1 N–H and O–H groups in total. The highest BCUT2D eigenvalue weighted by molar-refractivity contribution is 6.03. The highest BCUT2D eigenvalue weighted by atomic mass is 16.1. The monoisotopic (exact) mass is 263 g/mol. The van der Waals surface area contributed by atoms with Crippen molar-refractivity contribution < 1.29 is 9.59 Å². The minimum absolute atomic E-state index is 0.000237. The predicted octanol–water partition coefficient (Wildman–Crippen LogP) is 3.41. The van der Waals surface area contributed by atoms with Crippen molar-refractivity contribution in [1.29, 1.82) is 0 Å². The number of hydrogen-bond donors (Lipinski definition) is 1. The van der Waals surface area contributed by atoms with Crippen LogP contribution in [0.4, 0.5) is 0 Å². The molecule has 2 aromatic carbocycles. The van der Waals surface area contributed by atoms with E-state index >= 15 is 0 Å². The van der Waals surface area contributed by atoms with Crippen LogP contribution in [0.3, 0.4) is 0 Å². The fourth-order valence-electron chi connectivity index (χ4n) is 2.38. The van der Waals surface area contributed by atoms with E-state index in [0.717, 1.165) is 17.2 Å².